The first-order valence-corrected chi connectivity index (χ1v) is 7.63. The molecule has 3 heteroatoms. The van der Waals surface area contributed by atoms with Gasteiger partial charge in [0.1, 0.15) is 0 Å². The van der Waals surface area contributed by atoms with Crippen molar-refractivity contribution >= 4 is 11.6 Å². The monoisotopic (exact) mass is 282 g/mol. The first kappa shape index (κ1) is 16.5. The van der Waals surface area contributed by atoms with Gasteiger partial charge in [-0.05, 0) is 63.6 Å². The maximum absolute atomic E-state index is 6.31. The molecule has 1 unspecified atom stereocenters. The van der Waals surface area contributed by atoms with Crippen LogP contribution in [0.1, 0.15) is 31.4 Å². The number of rotatable bonds is 8. The molecule has 0 heterocycles. The Balaban J connectivity index is 2.56. The fourth-order valence-electron chi connectivity index (χ4n) is 2.31. The van der Waals surface area contributed by atoms with Gasteiger partial charge in [-0.15, -0.1) is 0 Å². The van der Waals surface area contributed by atoms with Crippen LogP contribution in [-0.2, 0) is 6.42 Å². The zero-order valence-corrected chi connectivity index (χ0v) is 13.4. The molecule has 2 nitrogen and oxygen atoms in total. The lowest BCUT2D eigenvalue weighted by atomic mass is 10.0. The highest BCUT2D eigenvalue weighted by Crippen LogP contribution is 2.19. The molecular formula is C16H27ClN2. The number of halogens is 1. The van der Waals surface area contributed by atoms with Crippen LogP contribution in [0.3, 0.4) is 0 Å². The van der Waals surface area contributed by atoms with Gasteiger partial charge in [0.05, 0.1) is 0 Å². The minimum absolute atomic E-state index is 0.487. The maximum Gasteiger partial charge on any atom is 0.0441 e. The topological polar surface area (TPSA) is 15.3 Å². The number of benzene rings is 1. The number of nitrogens with one attached hydrogen (secondary N) is 1. The Bertz CT molecular complexity index is 375. The highest BCUT2D eigenvalue weighted by molar-refractivity contribution is 6.31. The van der Waals surface area contributed by atoms with Crippen molar-refractivity contribution in [2.75, 3.05) is 26.7 Å². The van der Waals surface area contributed by atoms with Crippen molar-refractivity contribution in [1.29, 1.82) is 0 Å². The minimum atomic E-state index is 0.487. The predicted octanol–water partition coefficient (Wildman–Crippen LogP) is 3.51. The summed E-state index contributed by atoms with van der Waals surface area (Å²) in [6, 6.07) is 6.83. The van der Waals surface area contributed by atoms with E-state index in [0.717, 1.165) is 37.5 Å². The van der Waals surface area contributed by atoms with E-state index in [2.05, 4.69) is 43.1 Å². The summed E-state index contributed by atoms with van der Waals surface area (Å²) in [5, 5.41) is 4.30. The summed E-state index contributed by atoms with van der Waals surface area (Å²) in [6.45, 7) is 9.90. The lowest BCUT2D eigenvalue weighted by Crippen LogP contribution is -2.33. The van der Waals surface area contributed by atoms with Crippen LogP contribution < -0.4 is 5.32 Å². The van der Waals surface area contributed by atoms with Crippen molar-refractivity contribution in [3.05, 3.63) is 34.3 Å². The SMILES string of the molecule is CCN(CC)CCC(Cc1ccc(C)cc1Cl)NC. The van der Waals surface area contributed by atoms with Crippen molar-refractivity contribution in [2.45, 2.75) is 39.7 Å². The minimum Gasteiger partial charge on any atom is -0.317 e. The van der Waals surface area contributed by atoms with E-state index >= 15 is 0 Å². The predicted molar refractivity (Wildman–Crippen MR) is 85.1 cm³/mol. The first-order valence-electron chi connectivity index (χ1n) is 7.25. The molecule has 1 aromatic carbocycles. The zero-order valence-electron chi connectivity index (χ0n) is 12.7. The van der Waals surface area contributed by atoms with Crippen LogP contribution in [0.4, 0.5) is 0 Å². The first-order chi connectivity index (χ1) is 9.10. The largest absolute Gasteiger partial charge is 0.317 e. The highest BCUT2D eigenvalue weighted by atomic mass is 35.5. The van der Waals surface area contributed by atoms with Gasteiger partial charge in [0.15, 0.2) is 0 Å². The van der Waals surface area contributed by atoms with Gasteiger partial charge >= 0.3 is 0 Å². The van der Waals surface area contributed by atoms with Gasteiger partial charge in [-0.25, -0.2) is 0 Å². The summed E-state index contributed by atoms with van der Waals surface area (Å²) < 4.78 is 0. The molecule has 0 aliphatic rings. The van der Waals surface area contributed by atoms with E-state index in [0.29, 0.717) is 6.04 Å². The van der Waals surface area contributed by atoms with Crippen LogP contribution in [-0.4, -0.2) is 37.6 Å². The Morgan fingerprint density at radius 3 is 2.47 bits per heavy atom. The molecule has 1 atom stereocenters. The van der Waals surface area contributed by atoms with E-state index < -0.39 is 0 Å². The molecule has 0 spiro atoms. The Hall–Kier alpha value is -0.570. The second kappa shape index (κ2) is 8.57. The molecule has 0 radical (unpaired) electrons. The number of likely N-dealkylation sites (N-methyl/N-ethyl adjacent to an activating group) is 1. The van der Waals surface area contributed by atoms with Gasteiger partial charge in [0, 0.05) is 11.1 Å². The highest BCUT2D eigenvalue weighted by Gasteiger charge is 2.11. The molecule has 0 amide bonds. The summed E-state index contributed by atoms with van der Waals surface area (Å²) in [6.07, 6.45) is 2.15. The van der Waals surface area contributed by atoms with Gasteiger partial charge in [-0.2, -0.15) is 0 Å². The van der Waals surface area contributed by atoms with E-state index in [-0.39, 0.29) is 0 Å². The van der Waals surface area contributed by atoms with Gasteiger partial charge in [0.25, 0.3) is 0 Å². The average molecular weight is 283 g/mol. The lowest BCUT2D eigenvalue weighted by Gasteiger charge is -2.23. The van der Waals surface area contributed by atoms with E-state index in [4.69, 9.17) is 11.6 Å². The summed E-state index contributed by atoms with van der Waals surface area (Å²) >= 11 is 6.31. The molecule has 19 heavy (non-hydrogen) atoms. The number of hydrogen-bond acceptors (Lipinski definition) is 2. The molecule has 1 aromatic rings. The number of hydrogen-bond donors (Lipinski definition) is 1. The van der Waals surface area contributed by atoms with Gasteiger partial charge in [0.2, 0.25) is 0 Å². The van der Waals surface area contributed by atoms with Crippen LogP contribution in [0.25, 0.3) is 0 Å². The van der Waals surface area contributed by atoms with E-state index in [1.54, 1.807) is 0 Å². The van der Waals surface area contributed by atoms with Gasteiger partial charge < -0.3 is 10.2 Å². The molecular weight excluding hydrogens is 256 g/mol. The summed E-state index contributed by atoms with van der Waals surface area (Å²) in [7, 11) is 2.04. The third-order valence-corrected chi connectivity index (χ3v) is 4.12. The van der Waals surface area contributed by atoms with E-state index in [1.165, 1.54) is 11.1 Å². The van der Waals surface area contributed by atoms with Crippen LogP contribution in [0.15, 0.2) is 18.2 Å². The standard InChI is InChI=1S/C16H27ClN2/c1-5-19(6-2)10-9-15(18-4)12-14-8-7-13(3)11-16(14)17/h7-8,11,15,18H,5-6,9-10,12H2,1-4H3. The molecule has 1 N–H and O–H groups in total. The van der Waals surface area contributed by atoms with Crippen molar-refractivity contribution in [2.24, 2.45) is 0 Å². The molecule has 0 saturated heterocycles. The Labute approximate surface area is 123 Å². The van der Waals surface area contributed by atoms with Gasteiger partial charge in [-0.3, -0.25) is 0 Å². The van der Waals surface area contributed by atoms with E-state index in [9.17, 15) is 0 Å². The smallest absolute Gasteiger partial charge is 0.0441 e. The van der Waals surface area contributed by atoms with Crippen molar-refractivity contribution in [3.63, 3.8) is 0 Å². The third kappa shape index (κ3) is 5.52. The normalized spacial score (nSPS) is 12.9. The van der Waals surface area contributed by atoms with Crippen molar-refractivity contribution in [3.8, 4) is 0 Å². The molecule has 0 bridgehead atoms. The van der Waals surface area contributed by atoms with Gasteiger partial charge in [-0.1, -0.05) is 37.6 Å². The number of aryl methyl sites for hydroxylation is 1. The van der Waals surface area contributed by atoms with Crippen molar-refractivity contribution < 1.29 is 0 Å². The average Bonchev–Trinajstić information content (AvgIpc) is 2.41. The zero-order chi connectivity index (χ0) is 14.3. The lowest BCUT2D eigenvalue weighted by molar-refractivity contribution is 0.283. The Morgan fingerprint density at radius 2 is 1.95 bits per heavy atom. The quantitative estimate of drug-likeness (QED) is 0.785. The Morgan fingerprint density at radius 1 is 1.26 bits per heavy atom. The second-order valence-corrected chi connectivity index (χ2v) is 5.51. The molecule has 0 saturated carbocycles. The fraction of sp³-hybridized carbons (Fsp3) is 0.625. The maximum atomic E-state index is 6.31. The van der Waals surface area contributed by atoms with Crippen LogP contribution >= 0.6 is 11.6 Å². The second-order valence-electron chi connectivity index (χ2n) is 5.10. The van der Waals surface area contributed by atoms with E-state index in [1.807, 2.05) is 13.1 Å². The molecule has 0 aromatic heterocycles. The Kier molecular flexibility index (Phi) is 7.44. The number of nitrogens with zero attached hydrogens (tertiary/aromatic N) is 1. The molecule has 0 aliphatic heterocycles. The third-order valence-electron chi connectivity index (χ3n) is 3.77. The summed E-state index contributed by atoms with van der Waals surface area (Å²) in [5.74, 6) is 0. The summed E-state index contributed by atoms with van der Waals surface area (Å²) in [4.78, 5) is 2.46. The van der Waals surface area contributed by atoms with Crippen LogP contribution in [0.5, 0.6) is 0 Å². The fourth-order valence-corrected chi connectivity index (χ4v) is 2.62. The molecule has 108 valence electrons. The summed E-state index contributed by atoms with van der Waals surface area (Å²) in [5.41, 5.74) is 2.46. The van der Waals surface area contributed by atoms with Crippen molar-refractivity contribution in [1.82, 2.24) is 10.2 Å². The van der Waals surface area contributed by atoms with Crippen LogP contribution in [0, 0.1) is 6.92 Å². The molecule has 0 fully saturated rings. The molecule has 0 aliphatic carbocycles. The molecule has 1 rings (SSSR count). The van der Waals surface area contributed by atoms with Crippen LogP contribution in [0.2, 0.25) is 5.02 Å².